The van der Waals surface area contributed by atoms with E-state index < -0.39 is 0 Å². The molecule has 0 aliphatic carbocycles. The third kappa shape index (κ3) is 6.41. The van der Waals surface area contributed by atoms with E-state index in [1.165, 1.54) is 5.56 Å². The lowest BCUT2D eigenvalue weighted by atomic mass is 10.2. The van der Waals surface area contributed by atoms with E-state index in [9.17, 15) is 0 Å². The van der Waals surface area contributed by atoms with Crippen molar-refractivity contribution in [2.75, 3.05) is 19.6 Å². The van der Waals surface area contributed by atoms with E-state index in [1.807, 2.05) is 12.1 Å². The van der Waals surface area contributed by atoms with Gasteiger partial charge >= 0.3 is 0 Å². The topological polar surface area (TPSA) is 24.1 Å². The van der Waals surface area contributed by atoms with Crippen LogP contribution in [0.5, 0.6) is 0 Å². The number of hydrogen-bond acceptors (Lipinski definition) is 2. The Kier molecular flexibility index (Phi) is 7.12. The molecule has 0 saturated heterocycles. The summed E-state index contributed by atoms with van der Waals surface area (Å²) in [5.41, 5.74) is 1.24. The van der Waals surface area contributed by atoms with Crippen LogP contribution in [0.4, 0.5) is 0 Å². The fraction of sp³-hybridized carbons (Fsp3) is 0.538. The quantitative estimate of drug-likeness (QED) is 0.752. The molecule has 1 rings (SSSR count). The molecule has 0 unspecified atom stereocenters. The van der Waals surface area contributed by atoms with Crippen LogP contribution in [0.2, 0.25) is 5.02 Å². The second-order valence-electron chi connectivity index (χ2n) is 4.52. The van der Waals surface area contributed by atoms with Gasteiger partial charge in [-0.3, -0.25) is 0 Å². The Morgan fingerprint density at radius 1 is 1.24 bits per heavy atom. The van der Waals surface area contributed by atoms with E-state index in [0.717, 1.165) is 35.7 Å². The zero-order chi connectivity index (χ0) is 12.7. The van der Waals surface area contributed by atoms with E-state index >= 15 is 0 Å². The molecule has 96 valence electrons. The van der Waals surface area contributed by atoms with Gasteiger partial charge in [0, 0.05) is 24.1 Å². The maximum Gasteiger partial charge on any atom is 0.0548 e. The molecule has 4 heteroatoms. The Labute approximate surface area is 117 Å². The van der Waals surface area contributed by atoms with Gasteiger partial charge in [0.15, 0.2) is 0 Å². The number of halogens is 2. The second kappa shape index (κ2) is 8.09. The van der Waals surface area contributed by atoms with Crippen LogP contribution in [0.3, 0.4) is 0 Å². The van der Waals surface area contributed by atoms with E-state index in [1.54, 1.807) is 0 Å². The Balaban J connectivity index is 2.16. The summed E-state index contributed by atoms with van der Waals surface area (Å²) in [5.74, 6) is 0.710. The van der Waals surface area contributed by atoms with E-state index in [2.05, 4.69) is 46.5 Å². The molecule has 0 saturated carbocycles. The maximum absolute atomic E-state index is 5.94. The highest BCUT2D eigenvalue weighted by molar-refractivity contribution is 9.10. The second-order valence-corrected chi connectivity index (χ2v) is 5.78. The molecule has 0 aliphatic rings. The van der Waals surface area contributed by atoms with Gasteiger partial charge in [0.25, 0.3) is 0 Å². The minimum absolute atomic E-state index is 0.710. The molecule has 0 radical (unpaired) electrons. The molecule has 17 heavy (non-hydrogen) atoms. The fourth-order valence-corrected chi connectivity index (χ4v) is 1.99. The zero-order valence-corrected chi connectivity index (χ0v) is 12.7. The van der Waals surface area contributed by atoms with Gasteiger partial charge < -0.3 is 10.6 Å². The van der Waals surface area contributed by atoms with Crippen LogP contribution >= 0.6 is 27.5 Å². The molecule has 0 spiro atoms. The van der Waals surface area contributed by atoms with Crippen LogP contribution in [0.25, 0.3) is 0 Å². The number of nitrogens with one attached hydrogen (secondary N) is 2. The highest BCUT2D eigenvalue weighted by Crippen LogP contribution is 2.22. The van der Waals surface area contributed by atoms with Crippen LogP contribution in [0, 0.1) is 5.92 Å². The van der Waals surface area contributed by atoms with Gasteiger partial charge in [-0.15, -0.1) is 0 Å². The highest BCUT2D eigenvalue weighted by Gasteiger charge is 1.98. The molecule has 1 aromatic carbocycles. The monoisotopic (exact) mass is 318 g/mol. The summed E-state index contributed by atoms with van der Waals surface area (Å²) in [7, 11) is 0. The van der Waals surface area contributed by atoms with Crippen molar-refractivity contribution < 1.29 is 0 Å². The third-order valence-electron chi connectivity index (χ3n) is 2.34. The van der Waals surface area contributed by atoms with Crippen molar-refractivity contribution in [1.82, 2.24) is 10.6 Å². The summed E-state index contributed by atoms with van der Waals surface area (Å²) in [5, 5.41) is 7.55. The molecule has 2 N–H and O–H groups in total. The van der Waals surface area contributed by atoms with Gasteiger partial charge in [0.05, 0.1) is 5.02 Å². The normalized spacial score (nSPS) is 11.1. The molecule has 1 aromatic rings. The summed E-state index contributed by atoms with van der Waals surface area (Å²) < 4.78 is 0.955. The van der Waals surface area contributed by atoms with Gasteiger partial charge in [-0.25, -0.2) is 0 Å². The predicted molar refractivity (Wildman–Crippen MR) is 78.6 cm³/mol. The first kappa shape index (κ1) is 15.0. The Morgan fingerprint density at radius 3 is 2.59 bits per heavy atom. The molecule has 0 aliphatic heterocycles. The summed E-state index contributed by atoms with van der Waals surface area (Å²) >= 11 is 9.36. The Morgan fingerprint density at radius 2 is 1.94 bits per heavy atom. The summed E-state index contributed by atoms with van der Waals surface area (Å²) in [4.78, 5) is 0. The van der Waals surface area contributed by atoms with E-state index in [-0.39, 0.29) is 0 Å². The lowest BCUT2D eigenvalue weighted by Crippen LogP contribution is -2.29. The molecule has 2 nitrogen and oxygen atoms in total. The molecular weight excluding hydrogens is 300 g/mol. The largest absolute Gasteiger partial charge is 0.315 e. The molecule has 0 aromatic heterocycles. The molecule has 0 atom stereocenters. The first-order chi connectivity index (χ1) is 8.09. The Hall–Kier alpha value is -0.0900. The van der Waals surface area contributed by atoms with Crippen molar-refractivity contribution in [2.24, 2.45) is 5.92 Å². The Bertz CT molecular complexity index is 342. The van der Waals surface area contributed by atoms with E-state index in [4.69, 9.17) is 11.6 Å². The van der Waals surface area contributed by atoms with Gasteiger partial charge in [-0.05, 0) is 46.1 Å². The highest BCUT2D eigenvalue weighted by atomic mass is 79.9. The summed E-state index contributed by atoms with van der Waals surface area (Å²) in [6.07, 6.45) is 0. The first-order valence-electron chi connectivity index (χ1n) is 5.95. The molecule has 0 heterocycles. The molecule has 0 fully saturated rings. The van der Waals surface area contributed by atoms with Crippen LogP contribution in [0.1, 0.15) is 19.4 Å². The number of rotatable bonds is 7. The zero-order valence-electron chi connectivity index (χ0n) is 10.4. The van der Waals surface area contributed by atoms with Crippen LogP contribution < -0.4 is 10.6 Å². The summed E-state index contributed by atoms with van der Waals surface area (Å²) in [6.45, 7) is 8.37. The lowest BCUT2D eigenvalue weighted by Gasteiger charge is -2.09. The van der Waals surface area contributed by atoms with Crippen LogP contribution in [-0.2, 0) is 6.54 Å². The van der Waals surface area contributed by atoms with Crippen molar-refractivity contribution in [1.29, 1.82) is 0 Å². The first-order valence-corrected chi connectivity index (χ1v) is 7.12. The van der Waals surface area contributed by atoms with Gasteiger partial charge in [-0.2, -0.15) is 0 Å². The fourth-order valence-electron chi connectivity index (χ4n) is 1.45. The average Bonchev–Trinajstić information content (AvgIpc) is 2.27. The standard InChI is InChI=1S/C13H20BrClN2/c1-10(2)8-16-5-6-17-9-11-3-4-13(15)12(14)7-11/h3-4,7,10,16-17H,5-6,8-9H2,1-2H3. The lowest BCUT2D eigenvalue weighted by molar-refractivity contribution is 0.535. The molecule has 0 amide bonds. The minimum atomic E-state index is 0.710. The van der Waals surface area contributed by atoms with Crippen molar-refractivity contribution in [3.63, 3.8) is 0 Å². The molecular formula is C13H20BrClN2. The average molecular weight is 320 g/mol. The van der Waals surface area contributed by atoms with Crippen molar-refractivity contribution in [3.05, 3.63) is 33.3 Å². The van der Waals surface area contributed by atoms with Gasteiger partial charge in [-0.1, -0.05) is 31.5 Å². The maximum atomic E-state index is 5.94. The van der Waals surface area contributed by atoms with Gasteiger partial charge in [0.1, 0.15) is 0 Å². The number of hydrogen-bond donors (Lipinski definition) is 2. The third-order valence-corrected chi connectivity index (χ3v) is 3.56. The minimum Gasteiger partial charge on any atom is -0.315 e. The van der Waals surface area contributed by atoms with Crippen molar-refractivity contribution in [2.45, 2.75) is 20.4 Å². The predicted octanol–water partition coefficient (Wildman–Crippen LogP) is 3.44. The smallest absolute Gasteiger partial charge is 0.0548 e. The molecule has 0 bridgehead atoms. The van der Waals surface area contributed by atoms with Crippen molar-refractivity contribution >= 4 is 27.5 Å². The van der Waals surface area contributed by atoms with Crippen molar-refractivity contribution in [3.8, 4) is 0 Å². The summed E-state index contributed by atoms with van der Waals surface area (Å²) in [6, 6.07) is 6.01. The SMILES string of the molecule is CC(C)CNCCNCc1ccc(Cl)c(Br)c1. The van der Waals surface area contributed by atoms with Crippen LogP contribution in [0.15, 0.2) is 22.7 Å². The van der Waals surface area contributed by atoms with E-state index in [0.29, 0.717) is 5.92 Å². The van der Waals surface area contributed by atoms with Gasteiger partial charge in [0.2, 0.25) is 0 Å². The number of benzene rings is 1. The van der Waals surface area contributed by atoms with Crippen LogP contribution in [-0.4, -0.2) is 19.6 Å².